The second-order valence-corrected chi connectivity index (χ2v) is 2.63. The average molecular weight is 266 g/mol. The molecule has 0 rings (SSSR count). The molecule has 0 atom stereocenters. The van der Waals surface area contributed by atoms with E-state index in [-0.39, 0.29) is 22.4 Å². The largest absolute Gasteiger partial charge is 1.00 e. The quantitative estimate of drug-likeness (QED) is 0.573. The summed E-state index contributed by atoms with van der Waals surface area (Å²) >= 11 is 0. The van der Waals surface area contributed by atoms with E-state index in [4.69, 9.17) is 0 Å². The van der Waals surface area contributed by atoms with Crippen molar-refractivity contribution in [3.05, 3.63) is 0 Å². The summed E-state index contributed by atoms with van der Waals surface area (Å²) in [5.74, 6) is 0. The van der Waals surface area contributed by atoms with Crippen molar-refractivity contribution in [2.24, 2.45) is 0 Å². The number of nitrogens with one attached hydrogen (secondary N) is 1. The molecule has 0 fully saturated rings. The minimum Gasteiger partial charge on any atom is -0.530 e. The van der Waals surface area contributed by atoms with Gasteiger partial charge in [-0.2, -0.15) is 0 Å². The van der Waals surface area contributed by atoms with E-state index in [9.17, 15) is 9.90 Å². The van der Waals surface area contributed by atoms with Gasteiger partial charge in [0.05, 0.1) is 0 Å². The first-order valence-corrected chi connectivity index (χ1v) is 4.22. The van der Waals surface area contributed by atoms with Gasteiger partial charge in [-0.1, -0.05) is 32.6 Å². The summed E-state index contributed by atoms with van der Waals surface area (Å²) in [6.07, 6.45) is 4.52. The standard InChI is InChI=1S/C8H17NO2.Ag/c1-2-3-4-5-6-7-9-8(10)11;/h9H,2-7H2,1H3,(H,10,11);/q;+1/p-1. The van der Waals surface area contributed by atoms with Gasteiger partial charge < -0.3 is 15.2 Å². The van der Waals surface area contributed by atoms with Crippen molar-refractivity contribution in [1.29, 1.82) is 0 Å². The molecule has 0 bridgehead atoms. The predicted octanol–water partition coefficient (Wildman–Crippen LogP) is 0.887. The van der Waals surface area contributed by atoms with Crippen molar-refractivity contribution in [3.63, 3.8) is 0 Å². The van der Waals surface area contributed by atoms with Crippen molar-refractivity contribution in [1.82, 2.24) is 5.32 Å². The van der Waals surface area contributed by atoms with Crippen LogP contribution >= 0.6 is 0 Å². The number of unbranched alkanes of at least 4 members (excludes halogenated alkanes) is 4. The Morgan fingerprint density at radius 1 is 1.25 bits per heavy atom. The summed E-state index contributed by atoms with van der Waals surface area (Å²) in [5, 5.41) is 12.1. The molecule has 4 heteroatoms. The minimum atomic E-state index is -1.17. The normalized spacial score (nSPS) is 8.75. The summed E-state index contributed by atoms with van der Waals surface area (Å²) in [7, 11) is 0. The zero-order valence-corrected chi connectivity index (χ0v) is 8.84. The van der Waals surface area contributed by atoms with Crippen LogP contribution in [-0.2, 0) is 22.4 Å². The zero-order chi connectivity index (χ0) is 8.53. The molecule has 0 aromatic carbocycles. The Labute approximate surface area is 89.4 Å². The molecule has 76 valence electrons. The van der Waals surface area contributed by atoms with Crippen molar-refractivity contribution in [3.8, 4) is 0 Å². The maximum absolute atomic E-state index is 9.87. The van der Waals surface area contributed by atoms with Gasteiger partial charge in [-0.3, -0.25) is 0 Å². The van der Waals surface area contributed by atoms with Gasteiger partial charge in [-0.15, -0.1) is 0 Å². The summed E-state index contributed by atoms with van der Waals surface area (Å²) in [5.41, 5.74) is 0. The van der Waals surface area contributed by atoms with Crippen LogP contribution in [0.5, 0.6) is 0 Å². The Kier molecular flexibility index (Phi) is 13.3. The Morgan fingerprint density at radius 2 is 1.83 bits per heavy atom. The molecule has 0 saturated carbocycles. The molecule has 0 aliphatic rings. The first kappa shape index (κ1) is 14.5. The van der Waals surface area contributed by atoms with Crippen LogP contribution < -0.4 is 10.4 Å². The van der Waals surface area contributed by atoms with E-state index in [1.165, 1.54) is 19.3 Å². The van der Waals surface area contributed by atoms with E-state index >= 15 is 0 Å². The molecule has 1 amide bonds. The van der Waals surface area contributed by atoms with Gasteiger partial charge in [0.1, 0.15) is 6.09 Å². The molecule has 0 heterocycles. The Hall–Kier alpha value is 0.0103. The molecular formula is C8H16AgNO2. The van der Waals surface area contributed by atoms with Gasteiger partial charge in [-0.25, -0.2) is 0 Å². The smallest absolute Gasteiger partial charge is 0.530 e. The van der Waals surface area contributed by atoms with Crippen LogP contribution in [0, 0.1) is 0 Å². The van der Waals surface area contributed by atoms with E-state index in [0.29, 0.717) is 6.54 Å². The fourth-order valence-electron chi connectivity index (χ4n) is 0.919. The molecule has 0 unspecified atom stereocenters. The molecule has 0 aliphatic carbocycles. The molecule has 0 saturated heterocycles. The summed E-state index contributed by atoms with van der Waals surface area (Å²) < 4.78 is 0. The van der Waals surface area contributed by atoms with Crippen molar-refractivity contribution >= 4 is 6.09 Å². The number of hydrogen-bond acceptors (Lipinski definition) is 2. The number of hydrogen-bond donors (Lipinski definition) is 1. The van der Waals surface area contributed by atoms with E-state index < -0.39 is 6.09 Å². The van der Waals surface area contributed by atoms with Crippen LogP contribution in [0.1, 0.15) is 39.0 Å². The summed E-state index contributed by atoms with van der Waals surface area (Å²) in [4.78, 5) is 9.87. The summed E-state index contributed by atoms with van der Waals surface area (Å²) in [6, 6.07) is 0. The van der Waals surface area contributed by atoms with Gasteiger partial charge in [0, 0.05) is 6.54 Å². The molecule has 0 aromatic rings. The third-order valence-electron chi connectivity index (χ3n) is 1.55. The van der Waals surface area contributed by atoms with E-state index in [0.717, 1.165) is 12.8 Å². The van der Waals surface area contributed by atoms with Crippen molar-refractivity contribution in [2.45, 2.75) is 39.0 Å². The maximum Gasteiger partial charge on any atom is 1.00 e. The van der Waals surface area contributed by atoms with Crippen LogP contribution in [0.2, 0.25) is 0 Å². The molecule has 0 radical (unpaired) electrons. The van der Waals surface area contributed by atoms with Gasteiger partial charge >= 0.3 is 22.4 Å². The SMILES string of the molecule is CCCCCCCNC(=O)[O-].[Ag+]. The van der Waals surface area contributed by atoms with Crippen LogP contribution in [-0.4, -0.2) is 12.6 Å². The molecular weight excluding hydrogens is 250 g/mol. The predicted molar refractivity (Wildman–Crippen MR) is 42.2 cm³/mol. The fourth-order valence-corrected chi connectivity index (χ4v) is 0.919. The van der Waals surface area contributed by atoms with E-state index in [1.807, 2.05) is 0 Å². The number of carboxylic acid groups (broad SMARTS) is 1. The van der Waals surface area contributed by atoms with Crippen molar-refractivity contribution < 1.29 is 32.3 Å². The summed E-state index contributed by atoms with van der Waals surface area (Å²) in [6.45, 7) is 2.69. The minimum absolute atomic E-state index is 0. The van der Waals surface area contributed by atoms with Crippen LogP contribution in [0.15, 0.2) is 0 Å². The maximum atomic E-state index is 9.87. The topological polar surface area (TPSA) is 52.2 Å². The van der Waals surface area contributed by atoms with Gasteiger partial charge in [0.15, 0.2) is 0 Å². The zero-order valence-electron chi connectivity index (χ0n) is 7.36. The van der Waals surface area contributed by atoms with Crippen LogP contribution in [0.25, 0.3) is 0 Å². The average Bonchev–Trinajstić information content (AvgIpc) is 1.96. The van der Waals surface area contributed by atoms with E-state index in [2.05, 4.69) is 12.2 Å². The molecule has 12 heavy (non-hydrogen) atoms. The monoisotopic (exact) mass is 265 g/mol. The third kappa shape index (κ3) is 12.7. The third-order valence-corrected chi connectivity index (χ3v) is 1.55. The Bertz CT molecular complexity index is 109. The second-order valence-electron chi connectivity index (χ2n) is 2.63. The number of rotatable bonds is 6. The fraction of sp³-hybridized carbons (Fsp3) is 0.875. The Morgan fingerprint density at radius 3 is 2.33 bits per heavy atom. The second kappa shape index (κ2) is 11.0. The molecule has 3 nitrogen and oxygen atoms in total. The number of carbonyl (C=O) groups excluding carboxylic acids is 1. The first-order chi connectivity index (χ1) is 5.27. The molecule has 1 N–H and O–H groups in total. The van der Waals surface area contributed by atoms with Gasteiger partial charge in [-0.05, 0) is 6.42 Å². The number of amides is 1. The molecule has 0 spiro atoms. The van der Waals surface area contributed by atoms with Crippen molar-refractivity contribution in [2.75, 3.05) is 6.54 Å². The molecule has 0 aliphatic heterocycles. The van der Waals surface area contributed by atoms with E-state index in [1.54, 1.807) is 0 Å². The van der Waals surface area contributed by atoms with Crippen LogP contribution in [0.4, 0.5) is 4.79 Å². The first-order valence-electron chi connectivity index (χ1n) is 4.22. The molecule has 0 aromatic heterocycles. The van der Waals surface area contributed by atoms with Gasteiger partial charge in [0.2, 0.25) is 0 Å². The number of carbonyl (C=O) groups is 1. The Balaban J connectivity index is 0. The van der Waals surface area contributed by atoms with Gasteiger partial charge in [0.25, 0.3) is 0 Å². The van der Waals surface area contributed by atoms with Crippen LogP contribution in [0.3, 0.4) is 0 Å².